The van der Waals surface area contributed by atoms with Crippen molar-refractivity contribution in [1.29, 1.82) is 0 Å². The lowest BCUT2D eigenvalue weighted by Gasteiger charge is -2.23. The SMILES string of the molecule is CC(C)(C)OC(=O)CC[C@H](NC(=O)OC(C)(C)C)C(=O)C(=O)O. The lowest BCUT2D eigenvalue weighted by molar-refractivity contribution is -0.155. The van der Waals surface area contributed by atoms with Gasteiger partial charge < -0.3 is 19.9 Å². The standard InChI is InChI=1S/C15H25NO7/c1-14(2,3)22-10(17)8-7-9(11(18)12(19)20)16-13(21)23-15(4,5)6/h9H,7-8H2,1-6H3,(H,16,21)(H,19,20)/t9-/m0/s1. The Morgan fingerprint density at radius 3 is 1.83 bits per heavy atom. The van der Waals surface area contributed by atoms with Gasteiger partial charge in [-0.2, -0.15) is 0 Å². The molecule has 132 valence electrons. The predicted octanol–water partition coefficient (Wildman–Crippen LogP) is 1.66. The number of carbonyl (C=O) groups excluding carboxylic acids is 3. The first-order valence-electron chi connectivity index (χ1n) is 7.20. The molecule has 0 aliphatic rings. The van der Waals surface area contributed by atoms with Crippen LogP contribution < -0.4 is 5.32 Å². The van der Waals surface area contributed by atoms with Gasteiger partial charge in [0.05, 0.1) is 0 Å². The van der Waals surface area contributed by atoms with Gasteiger partial charge in [0.15, 0.2) is 0 Å². The van der Waals surface area contributed by atoms with Gasteiger partial charge in [-0.25, -0.2) is 9.59 Å². The first kappa shape index (κ1) is 20.9. The Bertz CT molecular complexity index is 471. The lowest BCUT2D eigenvalue weighted by atomic mass is 10.1. The van der Waals surface area contributed by atoms with Crippen molar-refractivity contribution in [3.05, 3.63) is 0 Å². The molecule has 1 amide bonds. The van der Waals surface area contributed by atoms with Crippen LogP contribution in [0.2, 0.25) is 0 Å². The van der Waals surface area contributed by atoms with E-state index in [9.17, 15) is 19.2 Å². The first-order valence-corrected chi connectivity index (χ1v) is 7.20. The largest absolute Gasteiger partial charge is 0.475 e. The van der Waals surface area contributed by atoms with Gasteiger partial charge in [0.1, 0.15) is 17.2 Å². The summed E-state index contributed by atoms with van der Waals surface area (Å²) < 4.78 is 10.0. The van der Waals surface area contributed by atoms with Crippen molar-refractivity contribution in [2.24, 2.45) is 0 Å². The Kier molecular flexibility index (Phi) is 7.21. The van der Waals surface area contributed by atoms with E-state index in [1.165, 1.54) is 0 Å². The average Bonchev–Trinajstić information content (AvgIpc) is 2.28. The van der Waals surface area contributed by atoms with Crippen LogP contribution in [-0.2, 0) is 23.9 Å². The summed E-state index contributed by atoms with van der Waals surface area (Å²) in [4.78, 5) is 45.8. The molecule has 0 saturated carbocycles. The highest BCUT2D eigenvalue weighted by Crippen LogP contribution is 2.11. The molecule has 0 aliphatic carbocycles. The van der Waals surface area contributed by atoms with Crippen LogP contribution in [0.3, 0.4) is 0 Å². The molecular weight excluding hydrogens is 306 g/mol. The number of hydrogen-bond acceptors (Lipinski definition) is 6. The third kappa shape index (κ3) is 10.3. The predicted molar refractivity (Wildman–Crippen MR) is 80.9 cm³/mol. The molecule has 0 unspecified atom stereocenters. The van der Waals surface area contributed by atoms with Crippen molar-refractivity contribution in [2.75, 3.05) is 0 Å². The molecule has 23 heavy (non-hydrogen) atoms. The van der Waals surface area contributed by atoms with Crippen LogP contribution in [0.15, 0.2) is 0 Å². The van der Waals surface area contributed by atoms with E-state index in [1.807, 2.05) is 0 Å². The van der Waals surface area contributed by atoms with E-state index in [4.69, 9.17) is 14.6 Å². The molecule has 0 fully saturated rings. The van der Waals surface area contributed by atoms with E-state index in [-0.39, 0.29) is 12.8 Å². The number of ketones is 1. The van der Waals surface area contributed by atoms with Crippen LogP contribution in [-0.4, -0.2) is 46.2 Å². The van der Waals surface area contributed by atoms with Crippen molar-refractivity contribution in [3.63, 3.8) is 0 Å². The molecule has 0 aromatic heterocycles. The summed E-state index contributed by atoms with van der Waals surface area (Å²) >= 11 is 0. The molecule has 1 atom stereocenters. The molecule has 0 aromatic rings. The summed E-state index contributed by atoms with van der Waals surface area (Å²) in [7, 11) is 0. The number of carbonyl (C=O) groups is 4. The minimum absolute atomic E-state index is 0.195. The van der Waals surface area contributed by atoms with Gasteiger partial charge in [-0.1, -0.05) is 0 Å². The number of ether oxygens (including phenoxy) is 2. The Balaban J connectivity index is 4.78. The van der Waals surface area contributed by atoms with Gasteiger partial charge >= 0.3 is 18.0 Å². The fraction of sp³-hybridized carbons (Fsp3) is 0.733. The Morgan fingerprint density at radius 1 is 0.957 bits per heavy atom. The number of nitrogens with one attached hydrogen (secondary N) is 1. The van der Waals surface area contributed by atoms with Crippen LogP contribution in [0.5, 0.6) is 0 Å². The number of aliphatic carboxylic acids is 1. The molecule has 0 radical (unpaired) electrons. The monoisotopic (exact) mass is 331 g/mol. The maximum absolute atomic E-state index is 11.7. The van der Waals surface area contributed by atoms with Crippen LogP contribution in [0.1, 0.15) is 54.4 Å². The highest BCUT2D eigenvalue weighted by atomic mass is 16.6. The maximum atomic E-state index is 11.7. The highest BCUT2D eigenvalue weighted by molar-refractivity contribution is 6.35. The molecule has 0 rings (SSSR count). The zero-order valence-corrected chi connectivity index (χ0v) is 14.4. The van der Waals surface area contributed by atoms with Gasteiger partial charge in [0, 0.05) is 6.42 Å². The maximum Gasteiger partial charge on any atom is 0.408 e. The number of amides is 1. The van der Waals surface area contributed by atoms with Crippen LogP contribution in [0.4, 0.5) is 4.79 Å². The van der Waals surface area contributed by atoms with Crippen LogP contribution in [0.25, 0.3) is 0 Å². The summed E-state index contributed by atoms with van der Waals surface area (Å²) in [5, 5.41) is 11.0. The number of esters is 1. The van der Waals surface area contributed by atoms with E-state index in [0.717, 1.165) is 0 Å². The molecule has 0 spiro atoms. The zero-order valence-electron chi connectivity index (χ0n) is 14.4. The third-order valence-electron chi connectivity index (χ3n) is 2.28. The van der Waals surface area contributed by atoms with E-state index >= 15 is 0 Å². The van der Waals surface area contributed by atoms with Crippen molar-refractivity contribution < 1.29 is 33.8 Å². The topological polar surface area (TPSA) is 119 Å². The lowest BCUT2D eigenvalue weighted by Crippen LogP contribution is -2.46. The van der Waals surface area contributed by atoms with E-state index in [0.29, 0.717) is 0 Å². The number of carboxylic acids is 1. The number of hydrogen-bond donors (Lipinski definition) is 2. The van der Waals surface area contributed by atoms with Gasteiger partial charge in [-0.3, -0.25) is 9.59 Å². The molecule has 8 heteroatoms. The molecule has 0 aromatic carbocycles. The van der Waals surface area contributed by atoms with Crippen molar-refractivity contribution >= 4 is 23.8 Å². The van der Waals surface area contributed by atoms with Gasteiger partial charge in [-0.15, -0.1) is 0 Å². The van der Waals surface area contributed by atoms with Crippen LogP contribution >= 0.6 is 0 Å². The van der Waals surface area contributed by atoms with Crippen molar-refractivity contribution in [3.8, 4) is 0 Å². The highest BCUT2D eigenvalue weighted by Gasteiger charge is 2.29. The minimum atomic E-state index is -1.70. The second-order valence-electron chi connectivity index (χ2n) is 6.99. The minimum Gasteiger partial charge on any atom is -0.475 e. The van der Waals surface area contributed by atoms with Crippen molar-refractivity contribution in [1.82, 2.24) is 5.32 Å². The summed E-state index contributed by atoms with van der Waals surface area (Å²) in [6, 6.07) is -1.37. The molecular formula is C15H25NO7. The quantitative estimate of drug-likeness (QED) is 0.561. The molecule has 0 bridgehead atoms. The summed E-state index contributed by atoms with van der Waals surface area (Å²) in [5.74, 6) is -3.51. The zero-order chi connectivity index (χ0) is 18.4. The molecule has 8 nitrogen and oxygen atoms in total. The van der Waals surface area contributed by atoms with Crippen LogP contribution in [0, 0.1) is 0 Å². The summed E-state index contributed by atoms with van der Waals surface area (Å²) in [6.45, 7) is 9.93. The van der Waals surface area contributed by atoms with Gasteiger partial charge in [-0.05, 0) is 48.0 Å². The van der Waals surface area contributed by atoms with Gasteiger partial charge in [0.2, 0.25) is 0 Å². The third-order valence-corrected chi connectivity index (χ3v) is 2.28. The normalized spacial score (nSPS) is 13.0. The molecule has 0 aliphatic heterocycles. The fourth-order valence-electron chi connectivity index (χ4n) is 1.52. The Labute approximate surface area is 135 Å². The number of Topliss-reactive ketones (excluding diaryl/α,β-unsaturated/α-hetero) is 1. The number of carboxylic acid groups (broad SMARTS) is 1. The summed E-state index contributed by atoms with van der Waals surface area (Å²) in [5.41, 5.74) is -1.49. The van der Waals surface area contributed by atoms with Gasteiger partial charge in [0.25, 0.3) is 5.78 Å². The Morgan fingerprint density at radius 2 is 1.43 bits per heavy atom. The smallest absolute Gasteiger partial charge is 0.408 e. The van der Waals surface area contributed by atoms with E-state index < -0.39 is 41.1 Å². The Hall–Kier alpha value is -2.12. The summed E-state index contributed by atoms with van der Waals surface area (Å²) in [6.07, 6.45) is -1.34. The number of alkyl carbamates (subject to hydrolysis) is 1. The number of rotatable bonds is 6. The fourth-order valence-corrected chi connectivity index (χ4v) is 1.52. The molecule has 2 N–H and O–H groups in total. The van der Waals surface area contributed by atoms with Crippen molar-refractivity contribution in [2.45, 2.75) is 71.6 Å². The second-order valence-corrected chi connectivity index (χ2v) is 6.99. The first-order chi connectivity index (χ1) is 10.2. The second kappa shape index (κ2) is 7.94. The molecule has 0 saturated heterocycles. The molecule has 0 heterocycles. The average molecular weight is 331 g/mol. The van der Waals surface area contributed by atoms with E-state index in [2.05, 4.69) is 5.32 Å². The van der Waals surface area contributed by atoms with E-state index in [1.54, 1.807) is 41.5 Å².